The van der Waals surface area contributed by atoms with Crippen molar-refractivity contribution in [3.8, 4) is 5.75 Å². The van der Waals surface area contributed by atoms with Crippen LogP contribution in [0.5, 0.6) is 5.75 Å². The maximum atomic E-state index is 11.3. The Morgan fingerprint density at radius 3 is 2.70 bits per heavy atom. The molecule has 0 saturated heterocycles. The molecule has 1 aliphatic carbocycles. The lowest BCUT2D eigenvalue weighted by Crippen LogP contribution is -2.25. The van der Waals surface area contributed by atoms with Gasteiger partial charge >= 0.3 is 0 Å². The molecule has 1 atom stereocenters. The van der Waals surface area contributed by atoms with Gasteiger partial charge in [0.25, 0.3) is 0 Å². The molecular formula is C15H23NO3S. The Bertz CT molecular complexity index is 536. The predicted octanol–water partition coefficient (Wildman–Crippen LogP) is 2.85. The maximum Gasteiger partial charge on any atom is 0.149 e. The highest BCUT2D eigenvalue weighted by atomic mass is 32.2. The summed E-state index contributed by atoms with van der Waals surface area (Å²) in [6, 6.07) is 7.63. The van der Waals surface area contributed by atoms with E-state index in [-0.39, 0.29) is 11.8 Å². The quantitative estimate of drug-likeness (QED) is 0.877. The minimum absolute atomic E-state index is 0.119. The third-order valence-corrected chi connectivity index (χ3v) is 4.51. The number of sulfone groups is 1. The molecule has 4 nitrogen and oxygen atoms in total. The molecule has 0 bridgehead atoms. The van der Waals surface area contributed by atoms with Crippen molar-refractivity contribution in [2.24, 2.45) is 0 Å². The molecule has 1 unspecified atom stereocenters. The largest absolute Gasteiger partial charge is 0.490 e. The van der Waals surface area contributed by atoms with Crippen LogP contribution in [-0.2, 0) is 9.84 Å². The summed E-state index contributed by atoms with van der Waals surface area (Å²) >= 11 is 0. The molecule has 0 aliphatic heterocycles. The summed E-state index contributed by atoms with van der Waals surface area (Å²) in [7, 11) is -2.97. The van der Waals surface area contributed by atoms with E-state index in [9.17, 15) is 8.42 Å². The van der Waals surface area contributed by atoms with Crippen molar-refractivity contribution in [1.82, 2.24) is 0 Å². The van der Waals surface area contributed by atoms with Crippen molar-refractivity contribution in [2.75, 3.05) is 17.3 Å². The van der Waals surface area contributed by atoms with Crippen LogP contribution < -0.4 is 10.1 Å². The first-order valence-electron chi connectivity index (χ1n) is 7.13. The number of benzene rings is 1. The van der Waals surface area contributed by atoms with Gasteiger partial charge in [0.15, 0.2) is 0 Å². The first-order valence-corrected chi connectivity index (χ1v) is 9.19. The summed E-state index contributed by atoms with van der Waals surface area (Å²) in [5.74, 6) is 0.981. The highest BCUT2D eigenvalue weighted by Crippen LogP contribution is 2.26. The Morgan fingerprint density at radius 1 is 1.35 bits per heavy atom. The van der Waals surface area contributed by atoms with Crippen LogP contribution in [0.3, 0.4) is 0 Å². The van der Waals surface area contributed by atoms with Gasteiger partial charge in [-0.05, 0) is 44.7 Å². The Hall–Kier alpha value is -1.23. The lowest BCUT2D eigenvalue weighted by atomic mass is 10.2. The fraction of sp³-hybridized carbons (Fsp3) is 0.600. The van der Waals surface area contributed by atoms with Crippen LogP contribution in [0, 0.1) is 0 Å². The first-order chi connectivity index (χ1) is 9.42. The molecule has 5 heteroatoms. The molecule has 0 heterocycles. The van der Waals surface area contributed by atoms with Crippen molar-refractivity contribution in [3.05, 3.63) is 24.3 Å². The molecule has 1 aliphatic rings. The van der Waals surface area contributed by atoms with Crippen LogP contribution in [0.15, 0.2) is 24.3 Å². The van der Waals surface area contributed by atoms with E-state index in [0.717, 1.165) is 24.3 Å². The topological polar surface area (TPSA) is 55.4 Å². The lowest BCUT2D eigenvalue weighted by Gasteiger charge is -2.17. The van der Waals surface area contributed by atoms with E-state index in [4.69, 9.17) is 4.74 Å². The Morgan fingerprint density at radius 2 is 2.05 bits per heavy atom. The summed E-state index contributed by atoms with van der Waals surface area (Å²) in [6.45, 7) is 1.87. The zero-order valence-electron chi connectivity index (χ0n) is 12.1. The first kappa shape index (κ1) is 15.2. The fourth-order valence-corrected chi connectivity index (χ4v) is 3.63. The Balaban J connectivity index is 1.94. The number of hydrogen-bond acceptors (Lipinski definition) is 4. The van der Waals surface area contributed by atoms with Crippen molar-refractivity contribution in [3.63, 3.8) is 0 Å². The van der Waals surface area contributed by atoms with E-state index >= 15 is 0 Å². The molecule has 1 aromatic carbocycles. The van der Waals surface area contributed by atoms with E-state index in [1.807, 2.05) is 31.2 Å². The van der Waals surface area contributed by atoms with Crippen molar-refractivity contribution < 1.29 is 13.2 Å². The molecule has 0 radical (unpaired) electrons. The molecular weight excluding hydrogens is 274 g/mol. The van der Waals surface area contributed by atoms with Gasteiger partial charge in [-0.2, -0.15) is 0 Å². The van der Waals surface area contributed by atoms with Crippen molar-refractivity contribution in [1.29, 1.82) is 0 Å². The van der Waals surface area contributed by atoms with Gasteiger partial charge in [0.05, 0.1) is 11.9 Å². The monoisotopic (exact) mass is 297 g/mol. The summed E-state index contributed by atoms with van der Waals surface area (Å²) in [6.07, 6.45) is 6.33. The smallest absolute Gasteiger partial charge is 0.149 e. The zero-order chi connectivity index (χ0) is 14.6. The average Bonchev–Trinajstić information content (AvgIpc) is 2.79. The second kappa shape index (κ2) is 6.48. The van der Waals surface area contributed by atoms with E-state index in [1.54, 1.807) is 0 Å². The number of anilines is 1. The molecule has 1 fully saturated rings. The van der Waals surface area contributed by atoms with E-state index in [0.29, 0.717) is 6.10 Å². The number of rotatable bonds is 6. The molecule has 1 N–H and O–H groups in total. The standard InChI is InChI=1S/C15H23NO3S/c1-12(11-20(2,17)18)16-13-6-5-9-15(10-13)19-14-7-3-4-8-14/h5-6,9-10,12,14,16H,3-4,7-8,11H2,1-2H3. The van der Waals surface area contributed by atoms with Crippen LogP contribution >= 0.6 is 0 Å². The second-order valence-corrected chi connectivity index (χ2v) is 7.87. The molecule has 0 spiro atoms. The molecule has 112 valence electrons. The van der Waals surface area contributed by atoms with E-state index in [1.165, 1.54) is 19.1 Å². The molecule has 20 heavy (non-hydrogen) atoms. The molecule has 1 aromatic rings. The van der Waals surface area contributed by atoms with Gasteiger partial charge in [-0.15, -0.1) is 0 Å². The van der Waals surface area contributed by atoms with Gasteiger partial charge in [-0.3, -0.25) is 0 Å². The maximum absolute atomic E-state index is 11.3. The van der Waals surface area contributed by atoms with Crippen LogP contribution in [0.2, 0.25) is 0 Å². The van der Waals surface area contributed by atoms with Gasteiger partial charge in [0.1, 0.15) is 15.6 Å². The number of nitrogens with one attached hydrogen (secondary N) is 1. The van der Waals surface area contributed by atoms with Gasteiger partial charge in [0.2, 0.25) is 0 Å². The molecule has 2 rings (SSSR count). The Labute approximate surface area is 121 Å². The summed E-state index contributed by atoms with van der Waals surface area (Å²) in [5, 5.41) is 3.20. The molecule has 0 aromatic heterocycles. The van der Waals surface area contributed by atoms with Gasteiger partial charge < -0.3 is 10.1 Å². The fourth-order valence-electron chi connectivity index (χ4n) is 2.64. The van der Waals surface area contributed by atoms with Gasteiger partial charge in [-0.25, -0.2) is 8.42 Å². The predicted molar refractivity (Wildman–Crippen MR) is 82.1 cm³/mol. The van der Waals surface area contributed by atoms with E-state index < -0.39 is 9.84 Å². The Kier molecular flexibility index (Phi) is 4.91. The summed E-state index contributed by atoms with van der Waals surface area (Å²) in [4.78, 5) is 0. The van der Waals surface area contributed by atoms with Gasteiger partial charge in [0, 0.05) is 24.1 Å². The third-order valence-electron chi connectivity index (χ3n) is 3.40. The lowest BCUT2D eigenvalue weighted by molar-refractivity contribution is 0.210. The average molecular weight is 297 g/mol. The van der Waals surface area contributed by atoms with E-state index in [2.05, 4.69) is 5.32 Å². The minimum Gasteiger partial charge on any atom is -0.490 e. The molecule has 0 amide bonds. The normalized spacial score (nSPS) is 17.9. The SMILES string of the molecule is CC(CS(C)(=O)=O)Nc1cccc(OC2CCCC2)c1. The highest BCUT2D eigenvalue weighted by Gasteiger charge is 2.16. The van der Waals surface area contributed by atoms with Crippen LogP contribution in [0.4, 0.5) is 5.69 Å². The van der Waals surface area contributed by atoms with Gasteiger partial charge in [-0.1, -0.05) is 6.07 Å². The molecule has 1 saturated carbocycles. The van der Waals surface area contributed by atoms with Crippen LogP contribution in [0.1, 0.15) is 32.6 Å². The van der Waals surface area contributed by atoms with Crippen molar-refractivity contribution in [2.45, 2.75) is 44.8 Å². The highest BCUT2D eigenvalue weighted by molar-refractivity contribution is 7.90. The van der Waals surface area contributed by atoms with Crippen molar-refractivity contribution >= 4 is 15.5 Å². The zero-order valence-corrected chi connectivity index (χ0v) is 12.9. The third kappa shape index (κ3) is 5.04. The minimum atomic E-state index is -2.97. The number of ether oxygens (including phenoxy) is 1. The van der Waals surface area contributed by atoms with Crippen LogP contribution in [0.25, 0.3) is 0 Å². The number of hydrogen-bond donors (Lipinski definition) is 1. The second-order valence-electron chi connectivity index (χ2n) is 5.69. The summed E-state index contributed by atoms with van der Waals surface area (Å²) in [5.41, 5.74) is 0.900. The van der Waals surface area contributed by atoms with Crippen LogP contribution in [-0.4, -0.2) is 32.6 Å². The summed E-state index contributed by atoms with van der Waals surface area (Å²) < 4.78 is 28.5.